The van der Waals surface area contributed by atoms with Crippen LogP contribution in [0.2, 0.25) is 0 Å². The van der Waals surface area contributed by atoms with Crippen LogP contribution in [0.15, 0.2) is 0 Å². The molecule has 0 aliphatic heterocycles. The van der Waals surface area contributed by atoms with Gasteiger partial charge in [0, 0.05) is 0 Å². The van der Waals surface area contributed by atoms with Gasteiger partial charge >= 0.3 is 0 Å². The molecule has 2 atom stereocenters. The SMILES string of the molecule is CCCC(C)C(O)CC1CC1. The summed E-state index contributed by atoms with van der Waals surface area (Å²) in [5.41, 5.74) is 0. The Morgan fingerprint density at radius 3 is 2.55 bits per heavy atom. The average Bonchev–Trinajstić information content (AvgIpc) is 2.72. The Balaban J connectivity index is 2.10. The number of hydrogen-bond acceptors (Lipinski definition) is 1. The summed E-state index contributed by atoms with van der Waals surface area (Å²) in [5.74, 6) is 1.38. The normalized spacial score (nSPS) is 23.2. The van der Waals surface area contributed by atoms with E-state index in [9.17, 15) is 5.11 Å². The quantitative estimate of drug-likeness (QED) is 0.648. The average molecular weight is 156 g/mol. The first-order valence-corrected chi connectivity index (χ1v) is 4.92. The number of hydrogen-bond donors (Lipinski definition) is 1. The van der Waals surface area contributed by atoms with E-state index in [0.29, 0.717) is 5.92 Å². The summed E-state index contributed by atoms with van der Waals surface area (Å²) in [6.45, 7) is 4.34. The first kappa shape index (κ1) is 9.05. The molecule has 2 unspecified atom stereocenters. The highest BCUT2D eigenvalue weighted by molar-refractivity contribution is 4.78. The van der Waals surface area contributed by atoms with E-state index in [1.165, 1.54) is 25.7 Å². The molecule has 0 bridgehead atoms. The van der Waals surface area contributed by atoms with Gasteiger partial charge in [0.25, 0.3) is 0 Å². The van der Waals surface area contributed by atoms with Crippen molar-refractivity contribution >= 4 is 0 Å². The van der Waals surface area contributed by atoms with Crippen LogP contribution in [0.4, 0.5) is 0 Å². The predicted molar refractivity (Wildman–Crippen MR) is 47.4 cm³/mol. The monoisotopic (exact) mass is 156 g/mol. The van der Waals surface area contributed by atoms with Crippen LogP contribution >= 0.6 is 0 Å². The summed E-state index contributed by atoms with van der Waals surface area (Å²) in [6.07, 6.45) is 6.12. The highest BCUT2D eigenvalue weighted by atomic mass is 16.3. The van der Waals surface area contributed by atoms with Crippen molar-refractivity contribution in [2.45, 2.75) is 52.1 Å². The van der Waals surface area contributed by atoms with Gasteiger partial charge in [-0.05, 0) is 24.7 Å². The standard InChI is InChI=1S/C10H20O/c1-3-4-8(2)10(11)7-9-5-6-9/h8-11H,3-7H2,1-2H3. The molecule has 66 valence electrons. The molecule has 0 aromatic heterocycles. The molecule has 0 spiro atoms. The molecule has 1 heteroatoms. The third-order valence-corrected chi connectivity index (χ3v) is 2.67. The second-order valence-electron chi connectivity index (χ2n) is 4.01. The molecule has 11 heavy (non-hydrogen) atoms. The fraction of sp³-hybridized carbons (Fsp3) is 1.00. The van der Waals surface area contributed by atoms with Gasteiger partial charge in [0.05, 0.1) is 6.10 Å². The van der Waals surface area contributed by atoms with Gasteiger partial charge in [-0.2, -0.15) is 0 Å². The molecule has 0 heterocycles. The van der Waals surface area contributed by atoms with Gasteiger partial charge in [0.2, 0.25) is 0 Å². The molecular formula is C10H20O. The topological polar surface area (TPSA) is 20.2 Å². The first-order valence-electron chi connectivity index (χ1n) is 4.92. The van der Waals surface area contributed by atoms with Crippen molar-refractivity contribution in [1.29, 1.82) is 0 Å². The Kier molecular flexibility index (Phi) is 3.38. The molecule has 1 nitrogen and oxygen atoms in total. The second-order valence-corrected chi connectivity index (χ2v) is 4.01. The van der Waals surface area contributed by atoms with Crippen LogP contribution in [0.5, 0.6) is 0 Å². The lowest BCUT2D eigenvalue weighted by Crippen LogP contribution is -2.17. The fourth-order valence-electron chi connectivity index (χ4n) is 1.58. The lowest BCUT2D eigenvalue weighted by atomic mass is 9.95. The van der Waals surface area contributed by atoms with Crippen molar-refractivity contribution < 1.29 is 5.11 Å². The largest absolute Gasteiger partial charge is 0.393 e. The lowest BCUT2D eigenvalue weighted by molar-refractivity contribution is 0.0969. The third-order valence-electron chi connectivity index (χ3n) is 2.67. The van der Waals surface area contributed by atoms with Crippen molar-refractivity contribution in [3.05, 3.63) is 0 Å². The summed E-state index contributed by atoms with van der Waals surface area (Å²) in [5, 5.41) is 9.66. The summed E-state index contributed by atoms with van der Waals surface area (Å²) in [4.78, 5) is 0. The Labute approximate surface area is 69.8 Å². The number of aliphatic hydroxyl groups is 1. The van der Waals surface area contributed by atoms with E-state index in [4.69, 9.17) is 0 Å². The summed E-state index contributed by atoms with van der Waals surface area (Å²) in [6, 6.07) is 0. The maximum absolute atomic E-state index is 9.66. The van der Waals surface area contributed by atoms with Crippen molar-refractivity contribution in [2.75, 3.05) is 0 Å². The Morgan fingerprint density at radius 2 is 2.09 bits per heavy atom. The zero-order valence-corrected chi connectivity index (χ0v) is 7.71. The zero-order valence-electron chi connectivity index (χ0n) is 7.71. The molecule has 1 aliphatic rings. The van der Waals surface area contributed by atoms with Crippen molar-refractivity contribution in [3.63, 3.8) is 0 Å². The third kappa shape index (κ3) is 3.24. The van der Waals surface area contributed by atoms with Gasteiger partial charge in [0.1, 0.15) is 0 Å². The summed E-state index contributed by atoms with van der Waals surface area (Å²) in [7, 11) is 0. The van der Waals surface area contributed by atoms with Crippen LogP contribution in [-0.4, -0.2) is 11.2 Å². The van der Waals surface area contributed by atoms with E-state index in [0.717, 1.165) is 12.3 Å². The number of aliphatic hydroxyl groups excluding tert-OH is 1. The molecule has 1 fully saturated rings. The van der Waals surface area contributed by atoms with E-state index in [1.54, 1.807) is 0 Å². The Morgan fingerprint density at radius 1 is 1.45 bits per heavy atom. The van der Waals surface area contributed by atoms with Gasteiger partial charge in [-0.25, -0.2) is 0 Å². The van der Waals surface area contributed by atoms with E-state index >= 15 is 0 Å². The Bertz CT molecular complexity index is 107. The van der Waals surface area contributed by atoms with Crippen LogP contribution in [0.25, 0.3) is 0 Å². The maximum Gasteiger partial charge on any atom is 0.0568 e. The Hall–Kier alpha value is -0.0400. The minimum absolute atomic E-state index is 0.0255. The molecule has 1 N–H and O–H groups in total. The molecule has 0 saturated heterocycles. The van der Waals surface area contributed by atoms with Crippen molar-refractivity contribution in [3.8, 4) is 0 Å². The zero-order chi connectivity index (χ0) is 8.27. The van der Waals surface area contributed by atoms with E-state index in [2.05, 4.69) is 13.8 Å². The molecule has 1 saturated carbocycles. The highest BCUT2D eigenvalue weighted by Gasteiger charge is 2.26. The van der Waals surface area contributed by atoms with Gasteiger partial charge in [-0.15, -0.1) is 0 Å². The molecule has 0 amide bonds. The summed E-state index contributed by atoms with van der Waals surface area (Å²) < 4.78 is 0. The molecule has 0 radical (unpaired) electrons. The molecule has 1 aliphatic carbocycles. The van der Waals surface area contributed by atoms with Crippen LogP contribution < -0.4 is 0 Å². The molecule has 1 rings (SSSR count). The van der Waals surface area contributed by atoms with E-state index in [-0.39, 0.29) is 6.10 Å². The van der Waals surface area contributed by atoms with E-state index in [1.807, 2.05) is 0 Å². The first-order chi connectivity index (χ1) is 5.24. The van der Waals surface area contributed by atoms with E-state index < -0.39 is 0 Å². The van der Waals surface area contributed by atoms with Crippen LogP contribution in [0, 0.1) is 11.8 Å². The lowest BCUT2D eigenvalue weighted by Gasteiger charge is -2.17. The van der Waals surface area contributed by atoms with Crippen LogP contribution in [0.1, 0.15) is 46.0 Å². The highest BCUT2D eigenvalue weighted by Crippen LogP contribution is 2.35. The maximum atomic E-state index is 9.66. The number of rotatable bonds is 5. The van der Waals surface area contributed by atoms with Crippen molar-refractivity contribution in [2.24, 2.45) is 11.8 Å². The molecular weight excluding hydrogens is 136 g/mol. The van der Waals surface area contributed by atoms with Crippen molar-refractivity contribution in [1.82, 2.24) is 0 Å². The minimum Gasteiger partial charge on any atom is -0.393 e. The molecule has 0 aromatic carbocycles. The summed E-state index contributed by atoms with van der Waals surface area (Å²) >= 11 is 0. The molecule has 0 aromatic rings. The van der Waals surface area contributed by atoms with Gasteiger partial charge in [-0.3, -0.25) is 0 Å². The van der Waals surface area contributed by atoms with Crippen LogP contribution in [-0.2, 0) is 0 Å². The second kappa shape index (κ2) is 4.10. The van der Waals surface area contributed by atoms with Crippen LogP contribution in [0.3, 0.4) is 0 Å². The van der Waals surface area contributed by atoms with Gasteiger partial charge < -0.3 is 5.11 Å². The van der Waals surface area contributed by atoms with Gasteiger partial charge in [-0.1, -0.05) is 33.1 Å². The smallest absolute Gasteiger partial charge is 0.0568 e. The van der Waals surface area contributed by atoms with Gasteiger partial charge in [0.15, 0.2) is 0 Å². The minimum atomic E-state index is -0.0255. The predicted octanol–water partition coefficient (Wildman–Crippen LogP) is 2.58. The fourth-order valence-corrected chi connectivity index (χ4v) is 1.58.